The molecule has 0 unspecified atom stereocenters. The molecule has 1 aromatic heterocycles. The van der Waals surface area contributed by atoms with Crippen LogP contribution in [0.3, 0.4) is 0 Å². The Hall–Kier alpha value is 0.520. The molecule has 2 rings (SSSR count). The summed E-state index contributed by atoms with van der Waals surface area (Å²) in [6.45, 7) is 6.19. The largest absolute Gasteiger partial charge is 0.314 e. The number of aromatic nitrogens is 1. The van der Waals surface area contributed by atoms with E-state index in [1.54, 1.807) is 6.20 Å². The van der Waals surface area contributed by atoms with Gasteiger partial charge in [0.15, 0.2) is 0 Å². The van der Waals surface area contributed by atoms with Crippen LogP contribution in [0, 0.1) is 0 Å². The highest BCUT2D eigenvalue weighted by Crippen LogP contribution is 2.39. The molecule has 22 heavy (non-hydrogen) atoms. The normalized spacial score (nSPS) is 16.5. The summed E-state index contributed by atoms with van der Waals surface area (Å²) in [5, 5.41) is 4.82. The lowest BCUT2D eigenvalue weighted by molar-refractivity contribution is 0.163. The molecule has 1 aromatic rings. The summed E-state index contributed by atoms with van der Waals surface area (Å²) in [6.07, 6.45) is 4.93. The van der Waals surface area contributed by atoms with E-state index in [-0.39, 0.29) is 30.9 Å². The zero-order valence-corrected chi connectivity index (χ0v) is 16.4. The van der Waals surface area contributed by atoms with E-state index in [0.717, 1.165) is 51.0 Å². The van der Waals surface area contributed by atoms with Gasteiger partial charge in [-0.2, -0.15) is 0 Å². The average Bonchev–Trinajstić information content (AvgIpc) is 2.47. The Morgan fingerprint density at radius 2 is 1.86 bits per heavy atom. The molecule has 8 heteroatoms. The fourth-order valence-electron chi connectivity index (χ4n) is 2.66. The van der Waals surface area contributed by atoms with Crippen LogP contribution < -0.4 is 5.32 Å². The Kier molecular flexibility index (Phi) is 11.4. The van der Waals surface area contributed by atoms with Gasteiger partial charge in [0, 0.05) is 44.0 Å². The minimum absolute atomic E-state index is 0. The quantitative estimate of drug-likeness (QED) is 0.692. The second-order valence-corrected chi connectivity index (χ2v) is 6.21. The van der Waals surface area contributed by atoms with Gasteiger partial charge in [0.25, 0.3) is 0 Å². The van der Waals surface area contributed by atoms with Gasteiger partial charge in [-0.25, -0.2) is 4.98 Å². The van der Waals surface area contributed by atoms with Crippen molar-refractivity contribution >= 4 is 59.6 Å². The van der Waals surface area contributed by atoms with E-state index < -0.39 is 0 Å². The summed E-state index contributed by atoms with van der Waals surface area (Å²) in [7, 11) is 0. The molecular weight excluding hydrogens is 387 g/mol. The Morgan fingerprint density at radius 1 is 1.23 bits per heavy atom. The van der Waals surface area contributed by atoms with Crippen molar-refractivity contribution in [1.29, 1.82) is 0 Å². The van der Waals surface area contributed by atoms with Crippen molar-refractivity contribution in [3.63, 3.8) is 0 Å². The van der Waals surface area contributed by atoms with Crippen molar-refractivity contribution in [3.8, 4) is 0 Å². The first-order chi connectivity index (χ1) is 9.65. The first-order valence-electron chi connectivity index (χ1n) is 7.09. The predicted octanol–water partition coefficient (Wildman–Crippen LogP) is 5.02. The predicted molar refractivity (Wildman–Crippen MR) is 100 cm³/mol. The zero-order chi connectivity index (χ0) is 14.5. The smallest absolute Gasteiger partial charge is 0.148 e. The molecule has 0 spiro atoms. The van der Waals surface area contributed by atoms with Gasteiger partial charge in [0.05, 0.1) is 10.0 Å². The number of hydrogen-bond donors (Lipinski definition) is 1. The van der Waals surface area contributed by atoms with Crippen molar-refractivity contribution in [2.45, 2.75) is 32.2 Å². The standard InChI is InChI=1S/C14H20Cl3N3.2ClH/c1-2-3-4-11(20-7-5-18-6-8-20)12-10(15)9-19-14(17)13(12)16;;/h9,11,18H,2-8H2,1H3;2*1H/t11-;;/m0../s1. The van der Waals surface area contributed by atoms with Gasteiger partial charge in [-0.1, -0.05) is 54.6 Å². The Labute approximate surface area is 159 Å². The van der Waals surface area contributed by atoms with Gasteiger partial charge in [0.1, 0.15) is 5.15 Å². The lowest BCUT2D eigenvalue weighted by atomic mass is 9.99. The minimum Gasteiger partial charge on any atom is -0.314 e. The van der Waals surface area contributed by atoms with Crippen molar-refractivity contribution < 1.29 is 0 Å². The number of pyridine rings is 1. The highest BCUT2D eigenvalue weighted by molar-refractivity contribution is 6.43. The molecule has 1 aliphatic heterocycles. The Morgan fingerprint density at radius 3 is 2.45 bits per heavy atom. The topological polar surface area (TPSA) is 28.2 Å². The maximum atomic E-state index is 6.37. The summed E-state index contributed by atoms with van der Waals surface area (Å²) in [5.74, 6) is 0. The van der Waals surface area contributed by atoms with Crippen LogP contribution >= 0.6 is 59.6 Å². The second-order valence-electron chi connectivity index (χ2n) is 5.07. The fraction of sp³-hybridized carbons (Fsp3) is 0.643. The summed E-state index contributed by atoms with van der Waals surface area (Å²) in [6, 6.07) is 0.220. The highest BCUT2D eigenvalue weighted by Gasteiger charge is 2.27. The first-order valence-corrected chi connectivity index (χ1v) is 8.22. The molecule has 1 atom stereocenters. The van der Waals surface area contributed by atoms with Crippen LogP contribution in [0.1, 0.15) is 37.8 Å². The SMILES string of the molecule is CCCC[C@@H](c1c(Cl)cnc(Cl)c1Cl)N1CCNCC1.Cl.Cl. The van der Waals surface area contributed by atoms with Gasteiger partial charge in [-0.05, 0) is 6.42 Å². The molecule has 2 heterocycles. The van der Waals surface area contributed by atoms with Crippen LogP contribution in [0.25, 0.3) is 0 Å². The number of halogens is 5. The lowest BCUT2D eigenvalue weighted by Gasteiger charge is -2.36. The Bertz CT molecular complexity index is 452. The van der Waals surface area contributed by atoms with Crippen LogP contribution in [0.5, 0.6) is 0 Å². The maximum absolute atomic E-state index is 6.37. The van der Waals surface area contributed by atoms with Crippen molar-refractivity contribution in [1.82, 2.24) is 15.2 Å². The van der Waals surface area contributed by atoms with Gasteiger partial charge in [-0.3, -0.25) is 4.90 Å². The number of rotatable bonds is 5. The number of piperazine rings is 1. The third-order valence-electron chi connectivity index (χ3n) is 3.72. The monoisotopic (exact) mass is 407 g/mol. The van der Waals surface area contributed by atoms with Crippen LogP contribution in [0.15, 0.2) is 6.20 Å². The molecule has 1 aliphatic rings. The molecule has 1 N–H and O–H groups in total. The molecule has 0 radical (unpaired) electrons. The number of nitrogens with one attached hydrogen (secondary N) is 1. The highest BCUT2D eigenvalue weighted by atomic mass is 35.5. The fourth-order valence-corrected chi connectivity index (χ4v) is 3.41. The molecule has 1 saturated heterocycles. The van der Waals surface area contributed by atoms with Gasteiger partial charge < -0.3 is 5.32 Å². The molecule has 128 valence electrons. The van der Waals surface area contributed by atoms with Gasteiger partial charge in [-0.15, -0.1) is 24.8 Å². The van der Waals surface area contributed by atoms with Crippen LogP contribution in [-0.2, 0) is 0 Å². The first kappa shape index (κ1) is 22.5. The van der Waals surface area contributed by atoms with Crippen molar-refractivity contribution in [3.05, 3.63) is 27.0 Å². The van der Waals surface area contributed by atoms with E-state index in [4.69, 9.17) is 34.8 Å². The van der Waals surface area contributed by atoms with Gasteiger partial charge >= 0.3 is 0 Å². The molecule has 3 nitrogen and oxygen atoms in total. The van der Waals surface area contributed by atoms with Crippen LogP contribution in [0.2, 0.25) is 15.2 Å². The van der Waals surface area contributed by atoms with E-state index in [1.165, 1.54) is 0 Å². The summed E-state index contributed by atoms with van der Waals surface area (Å²) < 4.78 is 0. The van der Waals surface area contributed by atoms with Gasteiger partial charge in [0.2, 0.25) is 0 Å². The van der Waals surface area contributed by atoms with E-state index in [1.807, 2.05) is 0 Å². The summed E-state index contributed by atoms with van der Waals surface area (Å²) >= 11 is 18.8. The van der Waals surface area contributed by atoms with E-state index >= 15 is 0 Å². The lowest BCUT2D eigenvalue weighted by Crippen LogP contribution is -2.45. The molecule has 0 bridgehead atoms. The number of unbranched alkanes of at least 4 members (excludes halogenated alkanes) is 1. The van der Waals surface area contributed by atoms with Crippen molar-refractivity contribution in [2.24, 2.45) is 0 Å². The minimum atomic E-state index is 0. The van der Waals surface area contributed by atoms with Crippen molar-refractivity contribution in [2.75, 3.05) is 26.2 Å². The van der Waals surface area contributed by atoms with E-state index in [2.05, 4.69) is 22.1 Å². The second kappa shape index (κ2) is 11.1. The summed E-state index contributed by atoms with van der Waals surface area (Å²) in [4.78, 5) is 6.46. The molecule has 0 saturated carbocycles. The zero-order valence-electron chi connectivity index (χ0n) is 12.4. The third-order valence-corrected chi connectivity index (χ3v) is 4.79. The maximum Gasteiger partial charge on any atom is 0.148 e. The summed E-state index contributed by atoms with van der Waals surface area (Å²) in [5.41, 5.74) is 0.934. The number of nitrogens with zero attached hydrogens (tertiary/aromatic N) is 2. The molecule has 1 fully saturated rings. The molecule has 0 aliphatic carbocycles. The third kappa shape index (κ3) is 5.55. The van der Waals surface area contributed by atoms with Crippen LogP contribution in [-0.4, -0.2) is 36.1 Å². The average molecular weight is 410 g/mol. The van der Waals surface area contributed by atoms with Crippen LogP contribution in [0.4, 0.5) is 0 Å². The molecule has 0 aromatic carbocycles. The van der Waals surface area contributed by atoms with E-state index in [0.29, 0.717) is 15.2 Å². The molecule has 0 amide bonds. The Balaban J connectivity index is 0.00000220. The number of hydrogen-bond acceptors (Lipinski definition) is 3. The van der Waals surface area contributed by atoms with E-state index in [9.17, 15) is 0 Å². The molecular formula is C14H22Cl5N3.